The van der Waals surface area contributed by atoms with Crippen LogP contribution in [0.5, 0.6) is 0 Å². The van der Waals surface area contributed by atoms with Crippen molar-refractivity contribution in [1.29, 1.82) is 0 Å². The van der Waals surface area contributed by atoms with Crippen LogP contribution in [0.4, 0.5) is 0 Å². The smallest absolute Gasteiger partial charge is 0.231 e. The summed E-state index contributed by atoms with van der Waals surface area (Å²) in [5.74, 6) is 0. The molecule has 5 heteroatoms. The molecule has 3 N–H and O–H groups in total. The minimum Gasteiger partial charge on any atom is -0.310 e. The van der Waals surface area contributed by atoms with E-state index in [9.17, 15) is 10.1 Å². The van der Waals surface area contributed by atoms with Crippen molar-refractivity contribution in [2.75, 3.05) is 6.54 Å². The predicted octanol–water partition coefficient (Wildman–Crippen LogP) is 0.860. The van der Waals surface area contributed by atoms with Gasteiger partial charge < -0.3 is 5.73 Å². The Bertz CT molecular complexity index is 179. The third-order valence-corrected chi connectivity index (χ3v) is 2.65. The van der Waals surface area contributed by atoms with Crippen LogP contribution in [-0.2, 0) is 0 Å². The molecule has 0 saturated heterocycles. The van der Waals surface area contributed by atoms with Crippen LogP contribution >= 0.6 is 0 Å². The zero-order valence-corrected chi connectivity index (χ0v) is 8.45. The predicted molar refractivity (Wildman–Crippen MR) is 54.5 cm³/mol. The van der Waals surface area contributed by atoms with Crippen molar-refractivity contribution in [2.45, 2.75) is 50.7 Å². The quantitative estimate of drug-likeness (QED) is 0.306. The Hall–Kier alpha value is -0.680. The summed E-state index contributed by atoms with van der Waals surface area (Å²) in [6.45, 7) is -0.184. The minimum absolute atomic E-state index is 0.184. The highest BCUT2D eigenvalue weighted by molar-refractivity contribution is 4.73. The fourth-order valence-corrected chi connectivity index (χ4v) is 1.96. The molecule has 14 heavy (non-hydrogen) atoms. The van der Waals surface area contributed by atoms with Crippen molar-refractivity contribution in [3.8, 4) is 0 Å². The molecule has 1 atom stereocenters. The normalized spacial score (nSPS) is 21.5. The van der Waals surface area contributed by atoms with Gasteiger partial charge in [-0.1, -0.05) is 25.7 Å². The maximum atomic E-state index is 10.2. The van der Waals surface area contributed by atoms with Gasteiger partial charge in [0.05, 0.1) is 0 Å². The second-order valence-corrected chi connectivity index (χ2v) is 3.98. The summed E-state index contributed by atoms with van der Waals surface area (Å²) < 4.78 is 0. The number of nitrogens with one attached hydrogen (secondary N) is 1. The fraction of sp³-hybridized carbons (Fsp3) is 1.00. The van der Waals surface area contributed by atoms with E-state index in [1.807, 2.05) is 0 Å². The van der Waals surface area contributed by atoms with Gasteiger partial charge in [0, 0.05) is 11.0 Å². The summed E-state index contributed by atoms with van der Waals surface area (Å²) in [7, 11) is 0. The molecule has 1 aliphatic carbocycles. The monoisotopic (exact) mass is 201 g/mol. The molecule has 5 nitrogen and oxygen atoms in total. The first kappa shape index (κ1) is 11.4. The molecule has 0 bridgehead atoms. The number of rotatable bonds is 4. The Morgan fingerprint density at radius 1 is 1.36 bits per heavy atom. The van der Waals surface area contributed by atoms with Gasteiger partial charge in [0.15, 0.2) is 0 Å². The molecule has 1 fully saturated rings. The summed E-state index contributed by atoms with van der Waals surface area (Å²) in [4.78, 5) is 9.84. The number of nitro groups is 1. The summed E-state index contributed by atoms with van der Waals surface area (Å²) in [6.07, 6.45) is 6.70. The lowest BCUT2D eigenvalue weighted by atomic mass is 10.1. The number of hydrogen-bond acceptors (Lipinski definition) is 4. The molecule has 1 rings (SSSR count). The molecule has 1 aliphatic rings. The maximum Gasteiger partial charge on any atom is 0.231 e. The van der Waals surface area contributed by atoms with E-state index in [0.717, 1.165) is 12.8 Å². The Morgan fingerprint density at radius 2 is 1.93 bits per heavy atom. The summed E-state index contributed by atoms with van der Waals surface area (Å²) in [5.41, 5.74) is 5.60. The molecular formula is C9H19N3O2. The van der Waals surface area contributed by atoms with Crippen LogP contribution < -0.4 is 11.1 Å². The Morgan fingerprint density at radius 3 is 2.43 bits per heavy atom. The van der Waals surface area contributed by atoms with E-state index in [0.29, 0.717) is 6.04 Å². The second kappa shape index (κ2) is 5.93. The van der Waals surface area contributed by atoms with E-state index in [2.05, 4.69) is 5.32 Å². The van der Waals surface area contributed by atoms with Crippen molar-refractivity contribution >= 4 is 0 Å². The first-order chi connectivity index (χ1) is 6.68. The number of nitrogens with two attached hydrogens (primary N) is 1. The molecule has 0 spiro atoms. The molecule has 0 amide bonds. The lowest BCUT2D eigenvalue weighted by Gasteiger charge is -2.19. The number of hydrogen-bond donors (Lipinski definition) is 2. The van der Waals surface area contributed by atoms with Crippen LogP contribution in [-0.4, -0.2) is 23.7 Å². The summed E-state index contributed by atoms with van der Waals surface area (Å²) in [6, 6.07) is 0.382. The Kier molecular flexibility index (Phi) is 4.82. The van der Waals surface area contributed by atoms with Gasteiger partial charge in [0.2, 0.25) is 6.54 Å². The topological polar surface area (TPSA) is 81.2 Å². The zero-order chi connectivity index (χ0) is 10.4. The molecule has 0 aromatic rings. The molecule has 1 saturated carbocycles. The first-order valence-electron chi connectivity index (χ1n) is 5.32. The molecule has 0 aromatic heterocycles. The fourth-order valence-electron chi connectivity index (χ4n) is 1.96. The SMILES string of the molecule is NC(C[N+](=O)[O-])NC1CCCCCC1. The summed E-state index contributed by atoms with van der Waals surface area (Å²) in [5, 5.41) is 13.3. The van der Waals surface area contributed by atoms with Gasteiger partial charge >= 0.3 is 0 Å². The van der Waals surface area contributed by atoms with Crippen LogP contribution in [0.15, 0.2) is 0 Å². The van der Waals surface area contributed by atoms with Crippen molar-refractivity contribution < 1.29 is 4.92 Å². The first-order valence-corrected chi connectivity index (χ1v) is 5.32. The van der Waals surface area contributed by atoms with Gasteiger partial charge in [-0.2, -0.15) is 0 Å². The van der Waals surface area contributed by atoms with Gasteiger partial charge in [0.25, 0.3) is 0 Å². The highest BCUT2D eigenvalue weighted by Gasteiger charge is 2.17. The van der Waals surface area contributed by atoms with Crippen molar-refractivity contribution in [1.82, 2.24) is 5.32 Å². The minimum atomic E-state index is -0.493. The van der Waals surface area contributed by atoms with Gasteiger partial charge in [0.1, 0.15) is 6.17 Å². The highest BCUT2D eigenvalue weighted by Crippen LogP contribution is 2.17. The van der Waals surface area contributed by atoms with E-state index in [4.69, 9.17) is 5.73 Å². The summed E-state index contributed by atoms with van der Waals surface area (Å²) >= 11 is 0. The van der Waals surface area contributed by atoms with Crippen LogP contribution in [0.2, 0.25) is 0 Å². The van der Waals surface area contributed by atoms with E-state index in [-0.39, 0.29) is 11.5 Å². The third-order valence-electron chi connectivity index (χ3n) is 2.65. The van der Waals surface area contributed by atoms with E-state index in [1.54, 1.807) is 0 Å². The Labute approximate surface area is 84.2 Å². The van der Waals surface area contributed by atoms with Gasteiger partial charge in [-0.05, 0) is 12.8 Å². The molecule has 0 radical (unpaired) electrons. The molecular weight excluding hydrogens is 182 g/mol. The van der Waals surface area contributed by atoms with E-state index >= 15 is 0 Å². The van der Waals surface area contributed by atoms with Crippen molar-refractivity contribution in [3.63, 3.8) is 0 Å². The zero-order valence-electron chi connectivity index (χ0n) is 8.45. The van der Waals surface area contributed by atoms with Crippen LogP contribution in [0, 0.1) is 10.1 Å². The van der Waals surface area contributed by atoms with Crippen LogP contribution in [0.3, 0.4) is 0 Å². The Balaban J connectivity index is 2.23. The highest BCUT2D eigenvalue weighted by atomic mass is 16.6. The molecule has 0 heterocycles. The van der Waals surface area contributed by atoms with Crippen LogP contribution in [0.25, 0.3) is 0 Å². The van der Waals surface area contributed by atoms with Gasteiger partial charge in [-0.3, -0.25) is 15.4 Å². The van der Waals surface area contributed by atoms with Crippen molar-refractivity contribution in [3.05, 3.63) is 10.1 Å². The average Bonchev–Trinajstić information content (AvgIpc) is 2.31. The molecule has 1 unspecified atom stereocenters. The van der Waals surface area contributed by atoms with Gasteiger partial charge in [-0.15, -0.1) is 0 Å². The van der Waals surface area contributed by atoms with Gasteiger partial charge in [-0.25, -0.2) is 0 Å². The van der Waals surface area contributed by atoms with E-state index in [1.165, 1.54) is 25.7 Å². The molecule has 0 aliphatic heterocycles. The number of nitrogens with zero attached hydrogens (tertiary/aromatic N) is 1. The standard InChI is InChI=1S/C9H19N3O2/c10-9(7-12(13)14)11-8-5-3-1-2-4-6-8/h8-9,11H,1-7,10H2. The van der Waals surface area contributed by atoms with Crippen molar-refractivity contribution in [2.24, 2.45) is 5.73 Å². The lowest BCUT2D eigenvalue weighted by Crippen LogP contribution is -2.48. The van der Waals surface area contributed by atoms with E-state index < -0.39 is 6.17 Å². The van der Waals surface area contributed by atoms with Crippen LogP contribution in [0.1, 0.15) is 38.5 Å². The third kappa shape index (κ3) is 4.53. The molecule has 82 valence electrons. The maximum absolute atomic E-state index is 10.2. The second-order valence-electron chi connectivity index (χ2n) is 3.98. The largest absolute Gasteiger partial charge is 0.310 e. The molecule has 0 aromatic carbocycles. The average molecular weight is 201 g/mol. The lowest BCUT2D eigenvalue weighted by molar-refractivity contribution is -0.483.